The molecule has 2 aliphatic rings. The van der Waals surface area contributed by atoms with E-state index in [2.05, 4.69) is 24.9 Å². The fourth-order valence-corrected chi connectivity index (χ4v) is 4.09. The summed E-state index contributed by atoms with van der Waals surface area (Å²) < 4.78 is 14.9. The topological polar surface area (TPSA) is 84.4 Å². The molecule has 6 nitrogen and oxygen atoms in total. The number of H-pyrrole nitrogens is 1. The summed E-state index contributed by atoms with van der Waals surface area (Å²) in [4.78, 5) is 33.3. The molecule has 0 saturated heterocycles. The largest absolute Gasteiger partial charge is 0.345 e. The van der Waals surface area contributed by atoms with Gasteiger partial charge in [-0.15, -0.1) is 0 Å². The van der Waals surface area contributed by atoms with Crippen molar-refractivity contribution in [3.05, 3.63) is 82.7 Å². The zero-order valence-corrected chi connectivity index (χ0v) is 16.8. The first-order valence-corrected chi connectivity index (χ1v) is 10.6. The Morgan fingerprint density at radius 3 is 2.55 bits per heavy atom. The summed E-state index contributed by atoms with van der Waals surface area (Å²) in [5, 5.41) is 0.695. The molecule has 2 aliphatic carbocycles. The molecule has 4 aromatic rings. The van der Waals surface area contributed by atoms with Gasteiger partial charge in [-0.05, 0) is 49.4 Å². The van der Waals surface area contributed by atoms with Crippen molar-refractivity contribution in [3.8, 4) is 0 Å². The predicted molar refractivity (Wildman–Crippen MR) is 113 cm³/mol. The Morgan fingerprint density at radius 1 is 1.00 bits per heavy atom. The van der Waals surface area contributed by atoms with E-state index in [1.807, 2.05) is 18.3 Å². The third kappa shape index (κ3) is 3.40. The molecule has 0 spiro atoms. The maximum absolute atomic E-state index is 14.9. The van der Waals surface area contributed by atoms with Gasteiger partial charge < -0.3 is 4.98 Å². The normalized spacial score (nSPS) is 16.0. The Hall–Kier alpha value is -3.48. The highest BCUT2D eigenvalue weighted by Gasteiger charge is 2.30. The number of halogens is 1. The second kappa shape index (κ2) is 7.04. The van der Waals surface area contributed by atoms with Crippen LogP contribution in [0.15, 0.2) is 43.0 Å². The molecule has 0 atom stereocenters. The third-order valence-electron chi connectivity index (χ3n) is 6.09. The van der Waals surface area contributed by atoms with Crippen LogP contribution in [0.1, 0.15) is 76.1 Å². The van der Waals surface area contributed by atoms with Crippen LogP contribution in [-0.2, 0) is 6.42 Å². The smallest absolute Gasteiger partial charge is 0.224 e. The first kappa shape index (κ1) is 18.3. The van der Waals surface area contributed by atoms with Crippen LogP contribution in [-0.4, -0.2) is 30.7 Å². The second-order valence-electron chi connectivity index (χ2n) is 8.47. The van der Waals surface area contributed by atoms with E-state index in [1.54, 1.807) is 12.3 Å². The average molecular weight is 413 g/mol. The zero-order valence-electron chi connectivity index (χ0n) is 16.8. The lowest BCUT2D eigenvalue weighted by molar-refractivity contribution is 0.103. The van der Waals surface area contributed by atoms with Crippen molar-refractivity contribution >= 4 is 16.8 Å². The summed E-state index contributed by atoms with van der Waals surface area (Å²) in [5.41, 5.74) is 4.48. The predicted octanol–water partition coefficient (Wildman–Crippen LogP) is 4.46. The minimum Gasteiger partial charge on any atom is -0.345 e. The first-order chi connectivity index (χ1) is 15.2. The first-order valence-electron chi connectivity index (χ1n) is 10.6. The van der Waals surface area contributed by atoms with Gasteiger partial charge in [0.1, 0.15) is 12.0 Å². The van der Waals surface area contributed by atoms with Crippen molar-refractivity contribution in [2.75, 3.05) is 0 Å². The van der Waals surface area contributed by atoms with Crippen molar-refractivity contribution in [2.45, 2.75) is 43.9 Å². The number of pyridine rings is 2. The average Bonchev–Trinajstić information content (AvgIpc) is 3.70. The van der Waals surface area contributed by atoms with Crippen LogP contribution in [0, 0.1) is 5.95 Å². The highest BCUT2D eigenvalue weighted by Crippen LogP contribution is 2.42. The monoisotopic (exact) mass is 413 g/mol. The Balaban J connectivity index is 1.28. The second-order valence-corrected chi connectivity index (χ2v) is 8.47. The summed E-state index contributed by atoms with van der Waals surface area (Å²) >= 11 is 0. The summed E-state index contributed by atoms with van der Waals surface area (Å²) in [6, 6.07) is 7.28. The van der Waals surface area contributed by atoms with Gasteiger partial charge in [-0.2, -0.15) is 4.39 Å². The van der Waals surface area contributed by atoms with Crippen LogP contribution in [0.5, 0.6) is 0 Å². The van der Waals surface area contributed by atoms with E-state index >= 15 is 0 Å². The molecule has 31 heavy (non-hydrogen) atoms. The molecule has 0 bridgehead atoms. The van der Waals surface area contributed by atoms with Gasteiger partial charge in [0, 0.05) is 42.0 Å². The molecule has 154 valence electrons. The number of rotatable bonds is 6. The van der Waals surface area contributed by atoms with Gasteiger partial charge in [-0.1, -0.05) is 6.07 Å². The minimum atomic E-state index is -0.760. The van der Waals surface area contributed by atoms with E-state index < -0.39 is 11.7 Å². The number of hydrogen-bond acceptors (Lipinski definition) is 5. The lowest BCUT2D eigenvalue weighted by atomic mass is 10.0. The quantitative estimate of drug-likeness (QED) is 0.373. The highest BCUT2D eigenvalue weighted by atomic mass is 19.1. The van der Waals surface area contributed by atoms with Crippen LogP contribution in [0.4, 0.5) is 4.39 Å². The van der Waals surface area contributed by atoms with Crippen LogP contribution >= 0.6 is 0 Å². The van der Waals surface area contributed by atoms with Gasteiger partial charge in [-0.3, -0.25) is 9.78 Å². The van der Waals surface area contributed by atoms with Gasteiger partial charge in [0.25, 0.3) is 0 Å². The van der Waals surface area contributed by atoms with Crippen molar-refractivity contribution in [2.24, 2.45) is 0 Å². The summed E-state index contributed by atoms with van der Waals surface area (Å²) in [7, 11) is 0. The van der Waals surface area contributed by atoms with Gasteiger partial charge in [0.05, 0.1) is 22.2 Å². The SMILES string of the molecule is O=C(c1ccc(Cc2ccc(C3CC3)nc2)nc1F)c1c[nH]c2ncnc(C3CC3)c12. The molecule has 2 saturated carbocycles. The van der Waals surface area contributed by atoms with Crippen LogP contribution in [0.3, 0.4) is 0 Å². The third-order valence-corrected chi connectivity index (χ3v) is 6.09. The van der Waals surface area contributed by atoms with Crippen LogP contribution in [0.2, 0.25) is 0 Å². The number of carbonyl (C=O) groups excluding carboxylic acids is 1. The molecule has 7 heteroatoms. The number of nitrogens with one attached hydrogen (secondary N) is 1. The molecular formula is C24H20FN5O. The number of fused-ring (bicyclic) bond motifs is 1. The Morgan fingerprint density at radius 2 is 1.84 bits per heavy atom. The molecule has 0 radical (unpaired) electrons. The maximum Gasteiger partial charge on any atom is 0.224 e. The van der Waals surface area contributed by atoms with Gasteiger partial charge in [-0.25, -0.2) is 15.0 Å². The number of nitrogens with zero attached hydrogens (tertiary/aromatic N) is 4. The molecule has 4 aromatic heterocycles. The highest BCUT2D eigenvalue weighted by molar-refractivity contribution is 6.16. The molecular weight excluding hydrogens is 393 g/mol. The summed E-state index contributed by atoms with van der Waals surface area (Å²) in [5.74, 6) is -0.220. The van der Waals surface area contributed by atoms with E-state index in [-0.39, 0.29) is 5.56 Å². The van der Waals surface area contributed by atoms with E-state index in [9.17, 15) is 9.18 Å². The molecule has 1 N–H and O–H groups in total. The number of aromatic amines is 1. The van der Waals surface area contributed by atoms with Crippen molar-refractivity contribution in [1.82, 2.24) is 24.9 Å². The molecule has 4 heterocycles. The zero-order chi connectivity index (χ0) is 20.9. The molecule has 0 amide bonds. The van der Waals surface area contributed by atoms with E-state index in [4.69, 9.17) is 0 Å². The Bertz CT molecular complexity index is 1310. The van der Waals surface area contributed by atoms with Crippen molar-refractivity contribution in [1.29, 1.82) is 0 Å². The summed E-state index contributed by atoms with van der Waals surface area (Å²) in [6.45, 7) is 0. The number of carbonyl (C=O) groups is 1. The van der Waals surface area contributed by atoms with Crippen LogP contribution < -0.4 is 0 Å². The number of aromatic nitrogens is 5. The lowest BCUT2D eigenvalue weighted by Gasteiger charge is -2.07. The van der Waals surface area contributed by atoms with Crippen molar-refractivity contribution < 1.29 is 9.18 Å². The van der Waals surface area contributed by atoms with Crippen LogP contribution in [0.25, 0.3) is 11.0 Å². The Kier molecular flexibility index (Phi) is 4.16. The molecule has 2 fully saturated rings. The van der Waals surface area contributed by atoms with E-state index in [0.29, 0.717) is 40.5 Å². The fraction of sp³-hybridized carbons (Fsp3) is 0.292. The molecule has 0 aromatic carbocycles. The fourth-order valence-electron chi connectivity index (χ4n) is 4.09. The number of hydrogen-bond donors (Lipinski definition) is 1. The minimum absolute atomic E-state index is 0.0440. The molecule has 0 unspecified atom stereocenters. The number of ketones is 1. The van der Waals surface area contributed by atoms with Gasteiger partial charge >= 0.3 is 0 Å². The molecule has 6 rings (SSSR count). The standard InChI is InChI=1S/C24H20FN5O/c25-23-17(7-6-16(30-23)9-13-1-8-19(26-10-13)14-2-3-14)22(31)18-11-27-24-20(18)21(15-4-5-15)28-12-29-24/h1,6-8,10-12,14-15H,2-5,9H2,(H,27,28,29). The van der Waals surface area contributed by atoms with E-state index in [0.717, 1.165) is 29.8 Å². The van der Waals surface area contributed by atoms with Crippen molar-refractivity contribution in [3.63, 3.8) is 0 Å². The summed E-state index contributed by atoms with van der Waals surface area (Å²) in [6.07, 6.45) is 9.90. The maximum atomic E-state index is 14.9. The Labute approximate surface area is 178 Å². The van der Waals surface area contributed by atoms with E-state index in [1.165, 1.54) is 25.2 Å². The lowest BCUT2D eigenvalue weighted by Crippen LogP contribution is -2.08. The van der Waals surface area contributed by atoms with Gasteiger partial charge in [0.15, 0.2) is 5.78 Å². The molecule has 0 aliphatic heterocycles. The van der Waals surface area contributed by atoms with Gasteiger partial charge in [0.2, 0.25) is 5.95 Å².